The van der Waals surface area contributed by atoms with E-state index in [1.54, 1.807) is 0 Å². The Morgan fingerprint density at radius 2 is 0.357 bits per heavy atom. The molecule has 0 fully saturated rings. The summed E-state index contributed by atoms with van der Waals surface area (Å²) in [6.45, 7) is 28.5. The van der Waals surface area contributed by atoms with Gasteiger partial charge in [-0.1, -0.05) is 0 Å². The van der Waals surface area contributed by atoms with Gasteiger partial charge < -0.3 is 71.0 Å². The van der Waals surface area contributed by atoms with Crippen molar-refractivity contribution in [3.63, 3.8) is 0 Å². The van der Waals surface area contributed by atoms with Gasteiger partial charge in [0.25, 0.3) is 0 Å². The second-order valence-electron chi connectivity index (χ2n) is 0. The van der Waals surface area contributed by atoms with Gasteiger partial charge in [0.15, 0.2) is 0 Å². The Morgan fingerprint density at radius 1 is 0.357 bits per heavy atom. The van der Waals surface area contributed by atoms with Gasteiger partial charge in [-0.3, -0.25) is 0 Å². The molecule has 0 aliphatic heterocycles. The molecule has 0 spiro atoms. The zero-order valence-electron chi connectivity index (χ0n) is 6.74. The summed E-state index contributed by atoms with van der Waals surface area (Å²) in [5, 5.41) is 37.5. The van der Waals surface area contributed by atoms with Crippen molar-refractivity contribution in [2.45, 2.75) is 0 Å². The molecule has 14 heavy (non-hydrogen) atoms. The summed E-state index contributed by atoms with van der Waals surface area (Å²) < 4.78 is 0. The summed E-state index contributed by atoms with van der Waals surface area (Å²) in [4.78, 5) is 0. The van der Waals surface area contributed by atoms with E-state index in [1.807, 2.05) is 0 Å². The van der Waals surface area contributed by atoms with Crippen LogP contribution in [0.15, 0.2) is 0 Å². The number of rotatable bonds is 0. The molecule has 8 heteroatoms. The van der Waals surface area contributed by atoms with Gasteiger partial charge in [-0.25, -0.2) is 0 Å². The van der Waals surface area contributed by atoms with Gasteiger partial charge in [-0.2, -0.15) is 0 Å². The molecule has 0 heterocycles. The largest absolute Gasteiger partial charge is 6.00 e. The fraction of sp³-hybridized carbons (Fsp3) is 0. The molecule has 0 amide bonds. The molecule has 0 aromatic heterocycles. The van der Waals surface area contributed by atoms with E-state index < -0.39 is 0 Å². The van der Waals surface area contributed by atoms with Crippen molar-refractivity contribution >= 4 is 0 Å². The van der Waals surface area contributed by atoms with Crippen molar-refractivity contribution in [2.75, 3.05) is 0 Å². The van der Waals surface area contributed by atoms with Gasteiger partial charge in [0.2, 0.25) is 0 Å². The number of hydrogen-bond donors (Lipinski definition) is 0. The zero-order chi connectivity index (χ0) is 12.0. The minimum absolute atomic E-state index is 0. The number of nitrogens with zero attached hydrogens (tertiary/aromatic N) is 6. The van der Waals surface area contributed by atoms with Gasteiger partial charge in [0, 0.05) is 19.5 Å². The zero-order valence-corrected chi connectivity index (χ0v) is 10.8. The third-order valence-electron chi connectivity index (χ3n) is 0. The first-order chi connectivity index (χ1) is 6.00. The topological polar surface area (TPSA) is 143 Å². The number of hydrogen-bond acceptors (Lipinski definition) is 6. The Kier molecular flexibility index (Phi) is 1950. The Hall–Kier alpha value is -1.92. The van der Waals surface area contributed by atoms with Crippen LogP contribution in [-0.4, -0.2) is 0 Å². The van der Waals surface area contributed by atoms with Crippen molar-refractivity contribution < 1.29 is 36.5 Å². The van der Waals surface area contributed by atoms with Crippen molar-refractivity contribution in [3.8, 4) is 0 Å². The van der Waals surface area contributed by atoms with E-state index in [-0.39, 0.29) is 36.5 Å². The third kappa shape index (κ3) is 226. The Bertz CT molecular complexity index is 97.3. The van der Waals surface area contributed by atoms with E-state index in [2.05, 4.69) is 0 Å². The van der Waals surface area contributed by atoms with Crippen molar-refractivity contribution in [1.29, 1.82) is 31.6 Å². The van der Waals surface area contributed by atoms with Crippen molar-refractivity contribution in [3.05, 3.63) is 39.4 Å². The molecule has 0 aromatic rings. The second-order valence-corrected chi connectivity index (χ2v) is 0. The summed E-state index contributed by atoms with van der Waals surface area (Å²) in [6.07, 6.45) is 0. The predicted molar refractivity (Wildman–Crippen MR) is 29.8 cm³/mol. The van der Waals surface area contributed by atoms with Crippen LogP contribution in [0.1, 0.15) is 0 Å². The normalized spacial score (nSPS) is 0.857. The third-order valence-corrected chi connectivity index (χ3v) is 0. The standard InChI is InChI=1S/6CN.Fe.Zn/c6*1-2;;/q6*-1;+6;. The fourth-order valence-corrected chi connectivity index (χ4v) is 0. The van der Waals surface area contributed by atoms with Crippen LogP contribution in [0.3, 0.4) is 0 Å². The SMILES string of the molecule is [C-]#N.[C-]#N.[C-]#N.[C-]#N.[C-]#N.[C-]#N.[Fe+6].[Zn]. The smallest absolute Gasteiger partial charge is 0.512 e. The van der Waals surface area contributed by atoms with Gasteiger partial charge >= 0.3 is 17.1 Å². The first kappa shape index (κ1) is 89.0. The first-order valence-corrected chi connectivity index (χ1v) is 1.34. The Morgan fingerprint density at radius 3 is 0.357 bits per heavy atom. The molecular formula is C6FeN6Zn. The Labute approximate surface area is 107 Å². The molecule has 0 saturated carbocycles. The molecule has 0 bridgehead atoms. The maximum atomic E-state index is 6.25. The van der Waals surface area contributed by atoms with Crippen LogP contribution in [0.2, 0.25) is 0 Å². The van der Waals surface area contributed by atoms with Gasteiger partial charge in [0.1, 0.15) is 0 Å². The van der Waals surface area contributed by atoms with E-state index in [1.165, 1.54) is 0 Å². The van der Waals surface area contributed by atoms with Crippen LogP contribution in [0.4, 0.5) is 0 Å². The molecule has 0 aromatic carbocycles. The molecule has 0 radical (unpaired) electrons. The molecule has 64 valence electrons. The molecule has 0 aliphatic rings. The van der Waals surface area contributed by atoms with Crippen molar-refractivity contribution in [1.82, 2.24) is 0 Å². The van der Waals surface area contributed by atoms with Gasteiger partial charge in [-0.05, 0) is 0 Å². The van der Waals surface area contributed by atoms with E-state index in [0.717, 1.165) is 0 Å². The van der Waals surface area contributed by atoms with E-state index in [0.29, 0.717) is 0 Å². The molecule has 6 nitrogen and oxygen atoms in total. The molecule has 0 rings (SSSR count). The van der Waals surface area contributed by atoms with Crippen LogP contribution in [-0.2, 0) is 36.5 Å². The van der Waals surface area contributed by atoms with E-state index >= 15 is 0 Å². The molecule has 0 atom stereocenters. The quantitative estimate of drug-likeness (QED) is 0.467. The second kappa shape index (κ2) is 307. The summed E-state index contributed by atoms with van der Waals surface area (Å²) in [5.41, 5.74) is 0. The van der Waals surface area contributed by atoms with Crippen LogP contribution >= 0.6 is 0 Å². The monoisotopic (exact) mass is 276 g/mol. The molecule has 0 N–H and O–H groups in total. The maximum absolute atomic E-state index is 6.25. The molecule has 0 unspecified atom stereocenters. The molecular weight excluding hydrogens is 277 g/mol. The van der Waals surface area contributed by atoms with Crippen LogP contribution in [0.5, 0.6) is 0 Å². The van der Waals surface area contributed by atoms with Crippen LogP contribution in [0.25, 0.3) is 0 Å². The van der Waals surface area contributed by atoms with Gasteiger partial charge in [0.05, 0.1) is 0 Å². The average molecular weight is 277 g/mol. The average Bonchev–Trinajstić information content (AvgIpc) is 2.33. The fourth-order valence-electron chi connectivity index (χ4n) is 0. The van der Waals surface area contributed by atoms with Crippen LogP contribution < -0.4 is 0 Å². The molecule has 0 saturated heterocycles. The van der Waals surface area contributed by atoms with Crippen LogP contribution in [0, 0.1) is 71.0 Å². The van der Waals surface area contributed by atoms with Gasteiger partial charge in [-0.15, -0.1) is 0 Å². The minimum atomic E-state index is 0. The van der Waals surface area contributed by atoms with E-state index in [9.17, 15) is 0 Å². The summed E-state index contributed by atoms with van der Waals surface area (Å²) in [6, 6.07) is 0. The minimum Gasteiger partial charge on any atom is -0.512 e. The predicted octanol–water partition coefficient (Wildman–Crippen LogP) is 0.573. The van der Waals surface area contributed by atoms with E-state index in [4.69, 9.17) is 71.0 Å². The van der Waals surface area contributed by atoms with Crippen molar-refractivity contribution in [2.24, 2.45) is 0 Å². The Balaban J connectivity index is -0.00000000500. The summed E-state index contributed by atoms with van der Waals surface area (Å²) in [5.74, 6) is 0. The summed E-state index contributed by atoms with van der Waals surface area (Å²) in [7, 11) is 0. The molecule has 0 aliphatic carbocycles. The first-order valence-electron chi connectivity index (χ1n) is 1.34. The summed E-state index contributed by atoms with van der Waals surface area (Å²) >= 11 is 0. The maximum Gasteiger partial charge on any atom is 6.00 e.